The largest absolute Gasteiger partial charge is 0.481 e. The van der Waals surface area contributed by atoms with E-state index in [1.54, 1.807) is 0 Å². The van der Waals surface area contributed by atoms with Gasteiger partial charge in [0.15, 0.2) is 0 Å². The molecule has 0 aliphatic heterocycles. The fourth-order valence-corrected chi connectivity index (χ4v) is 10.7. The minimum atomic E-state index is -0.813. The van der Waals surface area contributed by atoms with Gasteiger partial charge in [-0.2, -0.15) is 0 Å². The summed E-state index contributed by atoms with van der Waals surface area (Å²) < 4.78 is 0. The molecule has 9 unspecified atom stereocenters. The highest BCUT2D eigenvalue weighted by Crippen LogP contribution is 2.75. The lowest BCUT2D eigenvalue weighted by Gasteiger charge is -2.70. The molecule has 4 nitrogen and oxygen atoms in total. The Balaban J connectivity index is 1.64. The second-order valence-electron chi connectivity index (χ2n) is 15.2. The van der Waals surface area contributed by atoms with Gasteiger partial charge < -0.3 is 15.3 Å². The van der Waals surface area contributed by atoms with Crippen LogP contribution in [-0.4, -0.2) is 33.5 Å². The van der Waals surface area contributed by atoms with Crippen molar-refractivity contribution in [2.24, 2.45) is 50.2 Å². The molecule has 5 aliphatic carbocycles. The molecular weight excluding hydrogens is 424 g/mol. The predicted octanol–water partition coefficient (Wildman–Crippen LogP) is 6.20. The number of carboxylic acid groups (broad SMARTS) is 1. The molecule has 0 bridgehead atoms. The van der Waals surface area contributed by atoms with Gasteiger partial charge in [-0.1, -0.05) is 60.1 Å². The van der Waals surface area contributed by atoms with Crippen molar-refractivity contribution in [1.29, 1.82) is 0 Å². The average molecular weight is 473 g/mol. The molecule has 0 aromatic carbocycles. The van der Waals surface area contributed by atoms with Crippen molar-refractivity contribution in [3.63, 3.8) is 0 Å². The first-order chi connectivity index (χ1) is 15.6. The molecule has 0 spiro atoms. The SMILES string of the molecule is CC1(C)CC2C3=CCC4C5(C)CCC(O)C(C)(C)C5CCC4(C)C3(C(=O)O)CCC2(C)CC1O. The number of aliphatic carboxylic acids is 1. The van der Waals surface area contributed by atoms with E-state index in [4.69, 9.17) is 0 Å². The lowest BCUT2D eigenvalue weighted by Crippen LogP contribution is -2.67. The molecule has 3 N–H and O–H groups in total. The first kappa shape index (κ1) is 24.8. The van der Waals surface area contributed by atoms with Crippen LogP contribution in [-0.2, 0) is 4.79 Å². The Hall–Kier alpha value is -0.870. The normalized spacial score (nSPS) is 53.4. The van der Waals surface area contributed by atoms with E-state index < -0.39 is 11.4 Å². The zero-order valence-electron chi connectivity index (χ0n) is 22.6. The van der Waals surface area contributed by atoms with Crippen molar-refractivity contribution in [2.75, 3.05) is 0 Å². The van der Waals surface area contributed by atoms with Crippen LogP contribution >= 0.6 is 0 Å². The minimum absolute atomic E-state index is 0.0268. The molecule has 9 atom stereocenters. The summed E-state index contributed by atoms with van der Waals surface area (Å²) in [5.74, 6) is 0.343. The van der Waals surface area contributed by atoms with Crippen LogP contribution < -0.4 is 0 Å². The van der Waals surface area contributed by atoms with Crippen molar-refractivity contribution < 1.29 is 20.1 Å². The molecule has 34 heavy (non-hydrogen) atoms. The number of rotatable bonds is 1. The number of carboxylic acids is 1. The summed E-state index contributed by atoms with van der Waals surface area (Å²) in [5.41, 5.74) is -0.212. The zero-order chi connectivity index (χ0) is 25.1. The molecular formula is C30H48O4. The van der Waals surface area contributed by atoms with Crippen LogP contribution in [0.3, 0.4) is 0 Å². The summed E-state index contributed by atoms with van der Waals surface area (Å²) in [6.45, 7) is 15.8. The smallest absolute Gasteiger partial charge is 0.314 e. The Morgan fingerprint density at radius 2 is 1.53 bits per heavy atom. The highest BCUT2D eigenvalue weighted by Gasteiger charge is 2.72. The van der Waals surface area contributed by atoms with E-state index in [1.165, 1.54) is 5.57 Å². The molecule has 0 aromatic heterocycles. The van der Waals surface area contributed by atoms with Crippen LogP contribution in [0.2, 0.25) is 0 Å². The fraction of sp³-hybridized carbons (Fsp3) is 0.900. The van der Waals surface area contributed by atoms with Gasteiger partial charge in [-0.05, 0) is 103 Å². The first-order valence-corrected chi connectivity index (χ1v) is 13.9. The number of hydrogen-bond donors (Lipinski definition) is 3. The van der Waals surface area contributed by atoms with Crippen molar-refractivity contribution in [2.45, 2.75) is 118 Å². The molecule has 4 heteroatoms. The Kier molecular flexibility index (Phi) is 5.20. The number of aliphatic hydroxyl groups excluding tert-OH is 2. The summed E-state index contributed by atoms with van der Waals surface area (Å²) in [6.07, 6.45) is 9.66. The van der Waals surface area contributed by atoms with Crippen molar-refractivity contribution in [1.82, 2.24) is 0 Å². The molecule has 0 saturated heterocycles. The molecule has 5 aliphatic rings. The van der Waals surface area contributed by atoms with Crippen LogP contribution in [0.4, 0.5) is 0 Å². The maximum atomic E-state index is 13.5. The molecule has 192 valence electrons. The van der Waals surface area contributed by atoms with Gasteiger partial charge in [-0.3, -0.25) is 4.79 Å². The average Bonchev–Trinajstić information content (AvgIpc) is 2.72. The van der Waals surface area contributed by atoms with Gasteiger partial charge in [0.25, 0.3) is 0 Å². The summed E-state index contributed by atoms with van der Waals surface area (Å²) in [5, 5.41) is 32.9. The number of hydrogen-bond acceptors (Lipinski definition) is 3. The zero-order valence-corrected chi connectivity index (χ0v) is 22.6. The lowest BCUT2D eigenvalue weighted by molar-refractivity contribution is -0.215. The maximum Gasteiger partial charge on any atom is 0.314 e. The molecule has 0 radical (unpaired) electrons. The first-order valence-electron chi connectivity index (χ1n) is 13.9. The number of fused-ring (bicyclic) bond motifs is 7. The summed E-state index contributed by atoms with van der Waals surface area (Å²) >= 11 is 0. The molecule has 0 aromatic rings. The van der Waals surface area contributed by atoms with Gasteiger partial charge in [0.2, 0.25) is 0 Å². The molecule has 0 amide bonds. The molecule has 0 heterocycles. The van der Waals surface area contributed by atoms with Crippen molar-refractivity contribution in [3.05, 3.63) is 11.6 Å². The van der Waals surface area contributed by atoms with E-state index in [-0.39, 0.29) is 45.2 Å². The highest BCUT2D eigenvalue weighted by atomic mass is 16.4. The Morgan fingerprint density at radius 1 is 0.853 bits per heavy atom. The standard InChI is InChI=1S/C30H48O4/c1-25(2)16-19-18-8-9-21-28(6)12-11-22(31)26(3,4)20(28)10-13-29(21,7)30(18,24(33)34)15-14-27(19,5)17-23(25)32/h8,19-23,31-32H,9-17H2,1-7H3,(H,33,34). The van der Waals surface area contributed by atoms with Crippen molar-refractivity contribution in [3.8, 4) is 0 Å². The van der Waals surface area contributed by atoms with Gasteiger partial charge in [0.05, 0.1) is 17.6 Å². The highest BCUT2D eigenvalue weighted by molar-refractivity contribution is 5.81. The Bertz CT molecular complexity index is 919. The van der Waals surface area contributed by atoms with Gasteiger partial charge in [0, 0.05) is 0 Å². The fourth-order valence-electron chi connectivity index (χ4n) is 10.7. The van der Waals surface area contributed by atoms with Crippen molar-refractivity contribution >= 4 is 5.97 Å². The van der Waals surface area contributed by atoms with Crippen LogP contribution in [0, 0.1) is 50.2 Å². The van der Waals surface area contributed by atoms with E-state index in [1.807, 2.05) is 0 Å². The quantitative estimate of drug-likeness (QED) is 0.397. The van der Waals surface area contributed by atoms with Gasteiger partial charge >= 0.3 is 5.97 Å². The molecule has 4 fully saturated rings. The third-order valence-corrected chi connectivity index (χ3v) is 13.0. The topological polar surface area (TPSA) is 77.8 Å². The predicted molar refractivity (Wildman–Crippen MR) is 134 cm³/mol. The number of allylic oxidation sites excluding steroid dienone is 1. The minimum Gasteiger partial charge on any atom is -0.481 e. The van der Waals surface area contributed by atoms with Gasteiger partial charge in [-0.15, -0.1) is 0 Å². The monoisotopic (exact) mass is 472 g/mol. The maximum absolute atomic E-state index is 13.5. The van der Waals surface area contributed by atoms with E-state index >= 15 is 0 Å². The third kappa shape index (κ3) is 2.82. The molecule has 5 rings (SSSR count). The third-order valence-electron chi connectivity index (χ3n) is 13.0. The van der Waals surface area contributed by atoms with Gasteiger partial charge in [0.1, 0.15) is 0 Å². The van der Waals surface area contributed by atoms with E-state index in [2.05, 4.69) is 54.5 Å². The second-order valence-corrected chi connectivity index (χ2v) is 15.2. The van der Waals surface area contributed by atoms with E-state index in [0.29, 0.717) is 18.3 Å². The van der Waals surface area contributed by atoms with E-state index in [9.17, 15) is 20.1 Å². The van der Waals surface area contributed by atoms with Crippen LogP contribution in [0.25, 0.3) is 0 Å². The van der Waals surface area contributed by atoms with Crippen LogP contribution in [0.5, 0.6) is 0 Å². The van der Waals surface area contributed by atoms with E-state index in [0.717, 1.165) is 51.4 Å². The Labute approximate surface area is 206 Å². The number of aliphatic hydroxyl groups is 2. The van der Waals surface area contributed by atoms with Crippen LogP contribution in [0.1, 0.15) is 106 Å². The summed E-state index contributed by atoms with van der Waals surface area (Å²) in [6, 6.07) is 0. The summed E-state index contributed by atoms with van der Waals surface area (Å²) in [7, 11) is 0. The molecule has 4 saturated carbocycles. The number of carbonyl (C=O) groups is 1. The Morgan fingerprint density at radius 3 is 2.18 bits per heavy atom. The van der Waals surface area contributed by atoms with Gasteiger partial charge in [-0.25, -0.2) is 0 Å². The summed E-state index contributed by atoms with van der Waals surface area (Å²) in [4.78, 5) is 13.5. The lowest BCUT2D eigenvalue weighted by atomic mass is 9.33. The van der Waals surface area contributed by atoms with Crippen LogP contribution in [0.15, 0.2) is 11.6 Å². The second kappa shape index (κ2) is 7.12.